The molecule has 0 spiro atoms. The van der Waals surface area contributed by atoms with Gasteiger partial charge in [-0.15, -0.1) is 0 Å². The van der Waals surface area contributed by atoms with Crippen molar-refractivity contribution in [3.63, 3.8) is 0 Å². The van der Waals surface area contributed by atoms with E-state index in [4.69, 9.17) is 30.3 Å². The molecule has 0 aliphatic heterocycles. The molecule has 4 rings (SSSR count). The highest BCUT2D eigenvalue weighted by molar-refractivity contribution is 6.01. The largest absolute Gasteiger partial charge is 0.456 e. The minimum atomic E-state index is -2.00. The van der Waals surface area contributed by atoms with E-state index in [1.165, 1.54) is 12.2 Å². The minimum absolute atomic E-state index is 0.0397. The Morgan fingerprint density at radius 1 is 1.09 bits per heavy atom. The Morgan fingerprint density at radius 3 is 2.51 bits per heavy atom. The number of hydrogen-bond acceptors (Lipinski definition) is 15. The number of ketones is 2. The second kappa shape index (κ2) is 13.9. The van der Waals surface area contributed by atoms with Gasteiger partial charge in [0.1, 0.15) is 25.9 Å². The Labute approximate surface area is 257 Å². The van der Waals surface area contributed by atoms with Crippen molar-refractivity contribution < 1.29 is 68.7 Å². The highest BCUT2D eigenvalue weighted by Gasteiger charge is 2.70. The van der Waals surface area contributed by atoms with Gasteiger partial charge in [0.15, 0.2) is 17.2 Å². The van der Waals surface area contributed by atoms with Crippen LogP contribution in [0.3, 0.4) is 0 Å². The first kappa shape index (κ1) is 35.0. The van der Waals surface area contributed by atoms with E-state index in [0.29, 0.717) is 31.3 Å². The highest BCUT2D eigenvalue weighted by atomic mass is 19.1. The second-order valence-corrected chi connectivity index (χ2v) is 12.4. The molecule has 4 aliphatic rings. The molecule has 1 amide bonds. The fraction of sp³-hybridized carbons (Fsp3) is 0.714. The van der Waals surface area contributed by atoms with Gasteiger partial charge in [-0.25, -0.2) is 18.9 Å². The molecule has 3 saturated carbocycles. The zero-order valence-corrected chi connectivity index (χ0v) is 25.0. The maximum absolute atomic E-state index is 17.1. The van der Waals surface area contributed by atoms with Crippen molar-refractivity contribution in [1.82, 2.24) is 16.1 Å². The lowest BCUT2D eigenvalue weighted by Crippen LogP contribution is -2.66. The van der Waals surface area contributed by atoms with Crippen LogP contribution >= 0.6 is 0 Å². The number of rotatable bonds is 13. The van der Waals surface area contributed by atoms with Crippen LogP contribution < -0.4 is 5.32 Å². The van der Waals surface area contributed by atoms with Crippen molar-refractivity contribution in [3.05, 3.63) is 23.8 Å². The number of nitrogens with one attached hydrogen (secondary N) is 1. The highest BCUT2D eigenvalue weighted by Crippen LogP contribution is 2.68. The summed E-state index contributed by atoms with van der Waals surface area (Å²) < 4.78 is 27.1. The first-order chi connectivity index (χ1) is 21.1. The molecular weight excluding hydrogens is 605 g/mol. The van der Waals surface area contributed by atoms with Gasteiger partial charge in [-0.3, -0.25) is 35.2 Å². The normalized spacial score (nSPS) is 34.4. The zero-order chi connectivity index (χ0) is 33.2. The number of ether oxygens (including phenoxy) is 2. The van der Waals surface area contributed by atoms with Gasteiger partial charge in [-0.05, 0) is 62.5 Å². The van der Waals surface area contributed by atoms with Crippen LogP contribution in [-0.2, 0) is 33.5 Å². The first-order valence-corrected chi connectivity index (χ1v) is 14.7. The van der Waals surface area contributed by atoms with Gasteiger partial charge < -0.3 is 19.9 Å². The third-order valence-corrected chi connectivity index (χ3v) is 10.1. The third-order valence-electron chi connectivity index (χ3n) is 10.1. The standard InChI is InChI=1S/C28H40FN3O13/c1-26-12-23(35)28(29)20(4-3-16-11-17(33)7-9-27(16,28)2)19(26)5-6-21(26)22(34)15-43-24(36)13-30-25(37)42-10-8-18(45-32(40)41)14-44-31(38)39/h7,9,11,18-21,23,35,38-41H,3-6,8,10,12-15H2,1-2H3,(H,30,37)/t18?,19?,20-,21?,23-,26-,27-,28?/m0/s1. The van der Waals surface area contributed by atoms with Crippen LogP contribution in [0, 0.1) is 28.6 Å². The zero-order valence-electron chi connectivity index (χ0n) is 25.0. The van der Waals surface area contributed by atoms with E-state index in [1.54, 1.807) is 13.0 Å². The molecule has 4 aliphatic carbocycles. The molecule has 17 heteroatoms. The topological polar surface area (TPSA) is 225 Å². The van der Waals surface area contributed by atoms with Crippen molar-refractivity contribution >= 4 is 23.6 Å². The van der Waals surface area contributed by atoms with E-state index in [2.05, 4.69) is 15.0 Å². The molecule has 16 nitrogen and oxygen atoms in total. The van der Waals surface area contributed by atoms with Gasteiger partial charge in [-0.1, -0.05) is 18.6 Å². The minimum Gasteiger partial charge on any atom is -0.456 e. The Balaban J connectivity index is 1.26. The number of carbonyl (C=O) groups is 4. The molecule has 6 N–H and O–H groups in total. The lowest BCUT2D eigenvalue weighted by Gasteiger charge is -2.62. The van der Waals surface area contributed by atoms with Crippen LogP contribution in [0.4, 0.5) is 9.18 Å². The molecule has 0 radical (unpaired) electrons. The Morgan fingerprint density at radius 2 is 1.82 bits per heavy atom. The van der Waals surface area contributed by atoms with Gasteiger partial charge >= 0.3 is 12.1 Å². The number of allylic oxidation sites excluding steroid dienone is 4. The number of carbonyl (C=O) groups excluding carboxylic acids is 4. The molecule has 0 bridgehead atoms. The van der Waals surface area contributed by atoms with Crippen molar-refractivity contribution in [2.45, 2.75) is 70.2 Å². The fourth-order valence-electron chi connectivity index (χ4n) is 7.97. The summed E-state index contributed by atoms with van der Waals surface area (Å²) >= 11 is 0. The monoisotopic (exact) mass is 645 g/mol. The Hall–Kier alpha value is -2.87. The summed E-state index contributed by atoms with van der Waals surface area (Å²) in [6.45, 7) is 1.49. The number of alkyl carbamates (subject to hydrolysis) is 1. The van der Waals surface area contributed by atoms with Crippen LogP contribution in [0.15, 0.2) is 23.8 Å². The Bertz CT molecular complexity index is 1210. The average Bonchev–Trinajstić information content (AvgIpc) is 3.30. The maximum atomic E-state index is 17.1. The van der Waals surface area contributed by atoms with Crippen LogP contribution in [0.1, 0.15) is 52.4 Å². The van der Waals surface area contributed by atoms with E-state index in [1.807, 2.05) is 6.92 Å². The van der Waals surface area contributed by atoms with Gasteiger partial charge in [0.25, 0.3) is 0 Å². The summed E-state index contributed by atoms with van der Waals surface area (Å²) in [4.78, 5) is 58.2. The molecule has 45 heavy (non-hydrogen) atoms. The fourth-order valence-corrected chi connectivity index (χ4v) is 7.97. The first-order valence-electron chi connectivity index (χ1n) is 14.7. The van der Waals surface area contributed by atoms with E-state index < -0.39 is 83.1 Å². The summed E-state index contributed by atoms with van der Waals surface area (Å²) in [7, 11) is 0. The molecule has 0 saturated heterocycles. The predicted molar refractivity (Wildman–Crippen MR) is 143 cm³/mol. The van der Waals surface area contributed by atoms with Crippen LogP contribution in [0.5, 0.6) is 0 Å². The van der Waals surface area contributed by atoms with E-state index in [0.717, 1.165) is 0 Å². The molecular formula is C28H40FN3O13. The van der Waals surface area contributed by atoms with E-state index >= 15 is 4.39 Å². The number of halogens is 1. The average molecular weight is 646 g/mol. The summed E-state index contributed by atoms with van der Waals surface area (Å²) in [6, 6.07) is 0. The SMILES string of the molecule is C[C@]12C[C@H](O)C3(F)[C@@H](CCC4=CC(=O)C=C[C@@]43C)C1CCC2C(=O)COC(=O)CNC(=O)OCCC(CON(O)O)ON(O)O. The molecule has 0 aromatic rings. The lowest BCUT2D eigenvalue weighted by molar-refractivity contribution is -0.527. The number of esters is 1. The number of Topliss-reactive ketones (excluding diaryl/α,β-unsaturated/α-hetero) is 1. The lowest BCUT2D eigenvalue weighted by atomic mass is 9.45. The van der Waals surface area contributed by atoms with Crippen molar-refractivity contribution in [1.29, 1.82) is 0 Å². The smallest absolute Gasteiger partial charge is 0.407 e. The molecule has 252 valence electrons. The van der Waals surface area contributed by atoms with Crippen LogP contribution in [0.2, 0.25) is 0 Å². The molecule has 3 fully saturated rings. The quantitative estimate of drug-likeness (QED) is 0.124. The number of nitrogens with zero attached hydrogens (tertiary/aromatic N) is 2. The molecule has 8 atom stereocenters. The van der Waals surface area contributed by atoms with Gasteiger partial charge in [0.2, 0.25) is 0 Å². The van der Waals surface area contributed by atoms with Crippen LogP contribution in [0.25, 0.3) is 0 Å². The number of amides is 1. The number of fused-ring (bicyclic) bond motifs is 5. The second-order valence-electron chi connectivity index (χ2n) is 12.4. The molecule has 0 aromatic carbocycles. The molecule has 0 heterocycles. The molecule has 0 aromatic heterocycles. The van der Waals surface area contributed by atoms with Crippen LogP contribution in [-0.4, -0.2) is 105 Å². The number of aliphatic hydroxyl groups excluding tert-OH is 1. The maximum Gasteiger partial charge on any atom is 0.407 e. The molecule has 4 unspecified atom stereocenters. The van der Waals surface area contributed by atoms with Crippen molar-refractivity contribution in [3.8, 4) is 0 Å². The number of alkyl halides is 1. The predicted octanol–water partition coefficient (Wildman–Crippen LogP) is 1.59. The third kappa shape index (κ3) is 7.11. The number of hydrogen-bond donors (Lipinski definition) is 6. The van der Waals surface area contributed by atoms with Gasteiger partial charge in [-0.2, -0.15) is 0 Å². The Kier molecular flexibility index (Phi) is 10.8. The van der Waals surface area contributed by atoms with Gasteiger partial charge in [0.05, 0.1) is 23.5 Å². The van der Waals surface area contributed by atoms with E-state index in [9.17, 15) is 24.3 Å². The summed E-state index contributed by atoms with van der Waals surface area (Å²) in [6.07, 6.45) is 2.64. The van der Waals surface area contributed by atoms with Crippen molar-refractivity contribution in [2.75, 3.05) is 26.4 Å². The van der Waals surface area contributed by atoms with Crippen molar-refractivity contribution in [2.24, 2.45) is 28.6 Å². The number of aliphatic hydroxyl groups is 1. The summed E-state index contributed by atoms with van der Waals surface area (Å²) in [5.41, 5.74) is -3.17. The van der Waals surface area contributed by atoms with E-state index in [-0.39, 0.29) is 36.9 Å². The summed E-state index contributed by atoms with van der Waals surface area (Å²) in [5.74, 6) is -2.77. The summed E-state index contributed by atoms with van der Waals surface area (Å²) in [5, 5.41) is 46.8. The van der Waals surface area contributed by atoms with Gasteiger partial charge in [0, 0.05) is 23.7 Å².